The summed E-state index contributed by atoms with van der Waals surface area (Å²) < 4.78 is 7.31. The molecule has 1 aromatic carbocycles. The van der Waals surface area contributed by atoms with E-state index >= 15 is 0 Å². The maximum atomic E-state index is 12.1. The molecule has 0 aliphatic carbocycles. The maximum Gasteiger partial charge on any atom is 0.230 e. The zero-order chi connectivity index (χ0) is 19.1. The Bertz CT molecular complexity index is 713. The van der Waals surface area contributed by atoms with E-state index in [0.717, 1.165) is 35.3 Å². The second-order valence-electron chi connectivity index (χ2n) is 6.70. The molecule has 0 aliphatic heterocycles. The predicted molar refractivity (Wildman–Crippen MR) is 105 cm³/mol. The topological polar surface area (TPSA) is 69.0 Å². The van der Waals surface area contributed by atoms with Crippen molar-refractivity contribution < 1.29 is 9.53 Å². The van der Waals surface area contributed by atoms with Crippen molar-refractivity contribution >= 4 is 17.7 Å². The lowest BCUT2D eigenvalue weighted by Gasteiger charge is -2.13. The van der Waals surface area contributed by atoms with Gasteiger partial charge in [0.15, 0.2) is 11.0 Å². The van der Waals surface area contributed by atoms with Gasteiger partial charge in [-0.2, -0.15) is 0 Å². The van der Waals surface area contributed by atoms with E-state index in [-0.39, 0.29) is 11.9 Å². The van der Waals surface area contributed by atoms with Crippen LogP contribution in [0.1, 0.15) is 34.1 Å². The van der Waals surface area contributed by atoms with Gasteiger partial charge < -0.3 is 14.6 Å². The Kier molecular flexibility index (Phi) is 7.50. The second-order valence-corrected chi connectivity index (χ2v) is 7.65. The van der Waals surface area contributed by atoms with Crippen LogP contribution in [0.3, 0.4) is 0 Å². The SMILES string of the molecule is CC[C@H](C)NC(=O)CSc1nnc(-c2ccc(OC)cc2)n1CC(C)C. The number of benzene rings is 1. The average molecular weight is 377 g/mol. The molecule has 0 saturated heterocycles. The molecule has 0 unspecified atom stereocenters. The van der Waals surface area contributed by atoms with Gasteiger partial charge in [-0.1, -0.05) is 32.5 Å². The van der Waals surface area contributed by atoms with Gasteiger partial charge in [0, 0.05) is 18.2 Å². The fourth-order valence-electron chi connectivity index (χ4n) is 2.43. The van der Waals surface area contributed by atoms with Gasteiger partial charge in [0.05, 0.1) is 12.9 Å². The quantitative estimate of drug-likeness (QED) is 0.677. The van der Waals surface area contributed by atoms with E-state index in [1.165, 1.54) is 11.8 Å². The van der Waals surface area contributed by atoms with Crippen molar-refractivity contribution in [1.82, 2.24) is 20.1 Å². The molecule has 0 aliphatic rings. The lowest BCUT2D eigenvalue weighted by Crippen LogP contribution is -2.33. The van der Waals surface area contributed by atoms with E-state index in [0.29, 0.717) is 11.7 Å². The molecule has 1 atom stereocenters. The first-order chi connectivity index (χ1) is 12.4. The summed E-state index contributed by atoms with van der Waals surface area (Å²) >= 11 is 1.43. The third kappa shape index (κ3) is 5.49. The predicted octanol–water partition coefficient (Wildman–Crippen LogP) is 3.62. The molecular weight excluding hydrogens is 348 g/mol. The van der Waals surface area contributed by atoms with Crippen molar-refractivity contribution in [3.63, 3.8) is 0 Å². The number of carbonyl (C=O) groups excluding carboxylic acids is 1. The molecule has 2 aromatic rings. The van der Waals surface area contributed by atoms with E-state index in [2.05, 4.69) is 40.9 Å². The third-order valence-corrected chi connectivity index (χ3v) is 4.93. The van der Waals surface area contributed by atoms with Crippen LogP contribution in [0.2, 0.25) is 0 Å². The molecule has 142 valence electrons. The minimum absolute atomic E-state index is 0.0226. The van der Waals surface area contributed by atoms with Crippen LogP contribution in [0.4, 0.5) is 0 Å². The first kappa shape index (κ1) is 20.3. The van der Waals surface area contributed by atoms with Crippen molar-refractivity contribution in [2.75, 3.05) is 12.9 Å². The highest BCUT2D eigenvalue weighted by molar-refractivity contribution is 7.99. The largest absolute Gasteiger partial charge is 0.497 e. The summed E-state index contributed by atoms with van der Waals surface area (Å²) in [4.78, 5) is 12.1. The van der Waals surface area contributed by atoms with Gasteiger partial charge in [0.2, 0.25) is 5.91 Å². The summed E-state index contributed by atoms with van der Waals surface area (Å²) in [6, 6.07) is 7.96. The average Bonchev–Trinajstić information content (AvgIpc) is 3.01. The fourth-order valence-corrected chi connectivity index (χ4v) is 3.19. The molecule has 0 saturated carbocycles. The summed E-state index contributed by atoms with van der Waals surface area (Å²) in [7, 11) is 1.65. The fraction of sp³-hybridized carbons (Fsp3) is 0.526. The number of aromatic nitrogens is 3. The van der Waals surface area contributed by atoms with Crippen LogP contribution in [0.5, 0.6) is 5.75 Å². The first-order valence-corrected chi connectivity index (χ1v) is 9.92. The van der Waals surface area contributed by atoms with E-state index in [1.54, 1.807) is 7.11 Å². The minimum atomic E-state index is 0.0226. The molecule has 6 nitrogen and oxygen atoms in total. The number of hydrogen-bond acceptors (Lipinski definition) is 5. The smallest absolute Gasteiger partial charge is 0.230 e. The zero-order valence-corrected chi connectivity index (χ0v) is 17.0. The van der Waals surface area contributed by atoms with Crippen molar-refractivity contribution in [2.24, 2.45) is 5.92 Å². The third-order valence-electron chi connectivity index (χ3n) is 3.96. The van der Waals surface area contributed by atoms with Gasteiger partial charge in [-0.25, -0.2) is 0 Å². The van der Waals surface area contributed by atoms with E-state index < -0.39 is 0 Å². The van der Waals surface area contributed by atoms with Crippen molar-refractivity contribution in [1.29, 1.82) is 0 Å². The molecule has 1 N–H and O–H groups in total. The molecule has 0 bridgehead atoms. The molecule has 0 spiro atoms. The van der Waals surface area contributed by atoms with Crippen LogP contribution < -0.4 is 10.1 Å². The molecule has 26 heavy (non-hydrogen) atoms. The molecule has 1 heterocycles. The monoisotopic (exact) mass is 376 g/mol. The lowest BCUT2D eigenvalue weighted by molar-refractivity contribution is -0.119. The number of methoxy groups -OCH3 is 1. The zero-order valence-electron chi connectivity index (χ0n) is 16.2. The van der Waals surface area contributed by atoms with E-state index in [1.807, 2.05) is 31.2 Å². The van der Waals surface area contributed by atoms with Gasteiger partial charge in [-0.3, -0.25) is 4.79 Å². The highest BCUT2D eigenvalue weighted by atomic mass is 32.2. The van der Waals surface area contributed by atoms with Gasteiger partial charge >= 0.3 is 0 Å². The molecular formula is C19H28N4O2S. The highest BCUT2D eigenvalue weighted by Gasteiger charge is 2.17. The Hall–Kier alpha value is -2.02. The van der Waals surface area contributed by atoms with Crippen LogP contribution in [-0.2, 0) is 11.3 Å². The summed E-state index contributed by atoms with van der Waals surface area (Å²) in [5, 5.41) is 12.4. The van der Waals surface area contributed by atoms with Crippen molar-refractivity contribution in [3.8, 4) is 17.1 Å². The molecule has 1 aromatic heterocycles. The molecule has 7 heteroatoms. The Balaban J connectivity index is 2.18. The number of carbonyl (C=O) groups is 1. The summed E-state index contributed by atoms with van der Waals surface area (Å²) in [5.41, 5.74) is 0.981. The van der Waals surface area contributed by atoms with Crippen molar-refractivity contribution in [2.45, 2.75) is 51.9 Å². The number of nitrogens with one attached hydrogen (secondary N) is 1. The first-order valence-electron chi connectivity index (χ1n) is 8.94. The Morgan fingerprint density at radius 1 is 1.23 bits per heavy atom. The summed E-state index contributed by atoms with van der Waals surface area (Å²) in [5.74, 6) is 2.42. The summed E-state index contributed by atoms with van der Waals surface area (Å²) in [6.07, 6.45) is 0.918. The van der Waals surface area contributed by atoms with Crippen LogP contribution in [-0.4, -0.2) is 39.6 Å². The number of amides is 1. The maximum absolute atomic E-state index is 12.1. The number of ether oxygens (including phenoxy) is 1. The van der Waals surface area contributed by atoms with Gasteiger partial charge in [0.25, 0.3) is 0 Å². The highest BCUT2D eigenvalue weighted by Crippen LogP contribution is 2.26. The van der Waals surface area contributed by atoms with Crippen LogP contribution in [0.15, 0.2) is 29.4 Å². The number of hydrogen-bond donors (Lipinski definition) is 1. The van der Waals surface area contributed by atoms with Gasteiger partial charge in [0.1, 0.15) is 5.75 Å². The second kappa shape index (κ2) is 9.62. The Labute approximate surface area is 159 Å². The van der Waals surface area contributed by atoms with E-state index in [9.17, 15) is 4.79 Å². The Morgan fingerprint density at radius 3 is 2.50 bits per heavy atom. The lowest BCUT2D eigenvalue weighted by atomic mass is 10.2. The number of thioether (sulfide) groups is 1. The Morgan fingerprint density at radius 2 is 1.92 bits per heavy atom. The van der Waals surface area contributed by atoms with Crippen LogP contribution in [0, 0.1) is 5.92 Å². The minimum Gasteiger partial charge on any atom is -0.497 e. The standard InChI is InChI=1S/C19H28N4O2S/c1-6-14(4)20-17(24)12-26-19-22-21-18(23(19)11-13(2)3)15-7-9-16(25-5)10-8-15/h7-10,13-14H,6,11-12H2,1-5H3,(H,20,24)/t14-/m0/s1. The molecule has 0 radical (unpaired) electrons. The van der Waals surface area contributed by atoms with Gasteiger partial charge in [-0.15, -0.1) is 10.2 Å². The molecule has 0 fully saturated rings. The van der Waals surface area contributed by atoms with Crippen LogP contribution >= 0.6 is 11.8 Å². The molecule has 1 amide bonds. The van der Waals surface area contributed by atoms with Crippen LogP contribution in [0.25, 0.3) is 11.4 Å². The van der Waals surface area contributed by atoms with E-state index in [4.69, 9.17) is 4.74 Å². The molecule has 2 rings (SSSR count). The van der Waals surface area contributed by atoms with Gasteiger partial charge in [-0.05, 0) is 43.5 Å². The van der Waals surface area contributed by atoms with Crippen molar-refractivity contribution in [3.05, 3.63) is 24.3 Å². The number of nitrogens with zero attached hydrogens (tertiary/aromatic N) is 3. The normalized spacial score (nSPS) is 12.2. The summed E-state index contributed by atoms with van der Waals surface area (Å²) in [6.45, 7) is 9.16. The number of rotatable bonds is 9.